The molecule has 1 aromatic carbocycles. The number of nitriles is 1. The highest BCUT2D eigenvalue weighted by Gasteiger charge is 2.48. The molecule has 1 N–H and O–H groups in total. The fourth-order valence-corrected chi connectivity index (χ4v) is 4.35. The summed E-state index contributed by atoms with van der Waals surface area (Å²) < 4.78 is 151. The molecule has 0 heterocycles. The molecule has 1 unspecified atom stereocenters. The van der Waals surface area contributed by atoms with E-state index < -0.39 is 59.9 Å². The van der Waals surface area contributed by atoms with Crippen LogP contribution in [0.5, 0.6) is 0 Å². The van der Waals surface area contributed by atoms with Gasteiger partial charge in [0.1, 0.15) is 0 Å². The Morgan fingerprint density at radius 3 is 1.56 bits per heavy atom. The molecule has 17 heteroatoms. The largest absolute Gasteiger partial charge is 0.512 e. The Balaban J connectivity index is 3.85. The average Bonchev–Trinajstić information content (AvgIpc) is 2.43. The smallest absolute Gasteiger partial charge is 0.227 e. The van der Waals surface area contributed by atoms with Gasteiger partial charge in [-0.05, 0) is 18.2 Å². The second-order valence-electron chi connectivity index (χ2n) is 4.49. The SMILES string of the molecule is N#CN=S(=O)(NS(=O)(=O)C(F)(F)F)c1cc(C(F)(F)F)cc(C(F)(F)F)c1. The number of nitrogens with zero attached hydrogens (tertiary/aromatic N) is 2. The summed E-state index contributed by atoms with van der Waals surface area (Å²) >= 11 is 0. The summed E-state index contributed by atoms with van der Waals surface area (Å²) in [5, 5.41) is 8.36. The van der Waals surface area contributed by atoms with E-state index in [0.29, 0.717) is 10.3 Å². The summed E-state index contributed by atoms with van der Waals surface area (Å²) in [5.74, 6) is 0. The molecule has 1 rings (SSSR count). The van der Waals surface area contributed by atoms with E-state index in [1.54, 1.807) is 0 Å². The summed E-state index contributed by atoms with van der Waals surface area (Å²) in [6, 6.07) is -1.09. The normalized spacial score (nSPS) is 15.7. The van der Waals surface area contributed by atoms with Crippen molar-refractivity contribution in [3.05, 3.63) is 29.3 Å². The fraction of sp³-hybridized carbons (Fsp3) is 0.300. The first-order valence-electron chi connectivity index (χ1n) is 5.88. The Kier molecular flexibility index (Phi) is 5.82. The number of nitrogens with one attached hydrogen (secondary N) is 1. The first-order chi connectivity index (χ1) is 11.8. The Morgan fingerprint density at radius 1 is 0.852 bits per heavy atom. The molecule has 0 aliphatic carbocycles. The van der Waals surface area contributed by atoms with Crippen LogP contribution in [0.15, 0.2) is 27.5 Å². The van der Waals surface area contributed by atoms with Gasteiger partial charge in [0.25, 0.3) is 0 Å². The van der Waals surface area contributed by atoms with Crippen molar-refractivity contribution in [2.75, 3.05) is 0 Å². The maximum Gasteiger partial charge on any atom is 0.512 e. The minimum Gasteiger partial charge on any atom is -0.227 e. The molecule has 0 fully saturated rings. The second-order valence-corrected chi connectivity index (χ2v) is 8.33. The van der Waals surface area contributed by atoms with Gasteiger partial charge in [0.15, 0.2) is 9.92 Å². The topological polar surface area (TPSA) is 99.4 Å². The molecule has 1 aromatic rings. The Hall–Kier alpha value is -2.06. The van der Waals surface area contributed by atoms with Crippen LogP contribution >= 0.6 is 0 Å². The summed E-state index contributed by atoms with van der Waals surface area (Å²) in [4.78, 5) is -1.75. The number of hydrogen-bond acceptors (Lipinski definition) is 5. The van der Waals surface area contributed by atoms with E-state index in [0.717, 1.165) is 0 Å². The third-order valence-corrected chi connectivity index (χ3v) is 6.18. The molecule has 27 heavy (non-hydrogen) atoms. The van der Waals surface area contributed by atoms with Gasteiger partial charge >= 0.3 is 27.9 Å². The van der Waals surface area contributed by atoms with E-state index in [4.69, 9.17) is 5.26 Å². The second kappa shape index (κ2) is 6.83. The van der Waals surface area contributed by atoms with Gasteiger partial charge in [-0.1, -0.05) is 0 Å². The van der Waals surface area contributed by atoms with Crippen LogP contribution in [-0.4, -0.2) is 18.1 Å². The summed E-state index contributed by atoms with van der Waals surface area (Å²) in [6.07, 6.45) is -10.4. The Bertz CT molecular complexity index is 962. The van der Waals surface area contributed by atoms with Crippen molar-refractivity contribution in [1.29, 1.82) is 5.26 Å². The molecular weight excluding hydrogens is 445 g/mol. The molecule has 0 aliphatic rings. The van der Waals surface area contributed by atoms with Gasteiger partial charge in [-0.3, -0.25) is 0 Å². The zero-order chi connectivity index (χ0) is 21.5. The number of alkyl halides is 9. The van der Waals surface area contributed by atoms with E-state index in [2.05, 4.69) is 4.36 Å². The highest BCUT2D eigenvalue weighted by atomic mass is 32.3. The number of rotatable bonds is 3. The molecule has 0 amide bonds. The van der Waals surface area contributed by atoms with Crippen LogP contribution in [0, 0.1) is 11.5 Å². The van der Waals surface area contributed by atoms with Crippen LogP contribution in [0.4, 0.5) is 39.5 Å². The zero-order valence-corrected chi connectivity index (χ0v) is 13.7. The van der Waals surface area contributed by atoms with Crippen molar-refractivity contribution >= 4 is 19.9 Å². The quantitative estimate of drug-likeness (QED) is 0.565. The highest BCUT2D eigenvalue weighted by molar-refractivity contribution is 8.06. The number of sulfonamides is 1. The molecule has 0 radical (unpaired) electrons. The van der Waals surface area contributed by atoms with Crippen LogP contribution < -0.4 is 4.13 Å². The molecule has 0 aliphatic heterocycles. The summed E-state index contributed by atoms with van der Waals surface area (Å²) in [5.41, 5.74) is -10.4. The van der Waals surface area contributed by atoms with E-state index in [-0.39, 0.29) is 12.1 Å². The predicted octanol–water partition coefficient (Wildman–Crippen LogP) is 3.39. The van der Waals surface area contributed by atoms with Crippen molar-refractivity contribution < 1.29 is 52.1 Å². The fourth-order valence-electron chi connectivity index (χ4n) is 1.46. The van der Waals surface area contributed by atoms with E-state index >= 15 is 0 Å². The molecule has 0 saturated carbocycles. The van der Waals surface area contributed by atoms with Gasteiger partial charge < -0.3 is 0 Å². The number of hydrogen-bond donors (Lipinski definition) is 1. The van der Waals surface area contributed by atoms with Gasteiger partial charge in [0.05, 0.1) is 16.0 Å². The summed E-state index contributed by atoms with van der Waals surface area (Å²) in [7, 11) is -12.0. The maximum atomic E-state index is 12.8. The van der Waals surface area contributed by atoms with Gasteiger partial charge in [-0.25, -0.2) is 12.6 Å². The molecule has 1 atom stereocenters. The molecule has 0 saturated heterocycles. The number of halogens is 9. The maximum absolute atomic E-state index is 12.8. The molecule has 0 spiro atoms. The third-order valence-electron chi connectivity index (χ3n) is 2.58. The van der Waals surface area contributed by atoms with E-state index in [1.165, 1.54) is 0 Å². The summed E-state index contributed by atoms with van der Waals surface area (Å²) in [6.45, 7) is 0. The first kappa shape index (κ1) is 23.0. The van der Waals surface area contributed by atoms with Crippen molar-refractivity contribution in [1.82, 2.24) is 4.13 Å². The number of benzene rings is 1. The van der Waals surface area contributed by atoms with Crippen LogP contribution in [0.2, 0.25) is 0 Å². The lowest BCUT2D eigenvalue weighted by Gasteiger charge is -2.17. The lowest BCUT2D eigenvalue weighted by Crippen LogP contribution is -2.40. The molecule has 0 aromatic heterocycles. The van der Waals surface area contributed by atoms with Crippen LogP contribution in [-0.2, 0) is 32.3 Å². The van der Waals surface area contributed by atoms with Gasteiger partial charge in [0, 0.05) is 0 Å². The molecule has 152 valence electrons. The van der Waals surface area contributed by atoms with Crippen molar-refractivity contribution in [2.24, 2.45) is 4.36 Å². The van der Waals surface area contributed by atoms with Crippen molar-refractivity contribution in [2.45, 2.75) is 22.8 Å². The van der Waals surface area contributed by atoms with Gasteiger partial charge in [0.2, 0.25) is 6.19 Å². The van der Waals surface area contributed by atoms with Crippen molar-refractivity contribution in [3.8, 4) is 6.19 Å². The van der Waals surface area contributed by atoms with Crippen molar-refractivity contribution in [3.63, 3.8) is 0 Å². The minimum absolute atomic E-state index is 0.322. The van der Waals surface area contributed by atoms with Crippen LogP contribution in [0.3, 0.4) is 0 Å². The monoisotopic (exact) mass is 449 g/mol. The third kappa shape index (κ3) is 5.23. The first-order valence-corrected chi connectivity index (χ1v) is 8.88. The van der Waals surface area contributed by atoms with E-state index in [9.17, 15) is 52.1 Å². The zero-order valence-electron chi connectivity index (χ0n) is 12.1. The molecule has 6 nitrogen and oxygen atoms in total. The lowest BCUT2D eigenvalue weighted by molar-refractivity contribution is -0.143. The van der Waals surface area contributed by atoms with Gasteiger partial charge in [-0.15, -0.1) is 8.49 Å². The lowest BCUT2D eigenvalue weighted by atomic mass is 10.1. The van der Waals surface area contributed by atoms with Crippen LogP contribution in [0.1, 0.15) is 11.1 Å². The van der Waals surface area contributed by atoms with Crippen LogP contribution in [0.25, 0.3) is 0 Å². The average molecular weight is 449 g/mol. The predicted molar refractivity (Wildman–Crippen MR) is 69.0 cm³/mol. The minimum atomic E-state index is -6.56. The van der Waals surface area contributed by atoms with Gasteiger partial charge in [-0.2, -0.15) is 44.8 Å². The standard InChI is InChI=1S/C10H4F9N3O3S2/c11-8(12,13)5-1-6(9(14,15)16)3-7(2-5)26(23,21-4-20)22-27(24,25)10(17,18)19/h1-3H,(H,21,22,23). The Labute approximate surface area is 144 Å². The molecular formula is C10H4F9N3O3S2. The Morgan fingerprint density at radius 2 is 1.26 bits per heavy atom. The van der Waals surface area contributed by atoms with E-state index in [1.807, 2.05) is 0 Å². The highest BCUT2D eigenvalue weighted by Crippen LogP contribution is 2.37. The molecule has 0 bridgehead atoms.